The summed E-state index contributed by atoms with van der Waals surface area (Å²) < 4.78 is 5.40. The number of methoxy groups -OCH3 is 1. The van der Waals surface area contributed by atoms with Crippen LogP contribution in [0.5, 0.6) is 5.75 Å². The van der Waals surface area contributed by atoms with Crippen molar-refractivity contribution < 1.29 is 23.9 Å². The van der Waals surface area contributed by atoms with Gasteiger partial charge in [-0.25, -0.2) is 4.98 Å². The van der Waals surface area contributed by atoms with Gasteiger partial charge in [0.2, 0.25) is 17.7 Å². The van der Waals surface area contributed by atoms with Gasteiger partial charge in [-0.15, -0.1) is 11.3 Å². The standard InChI is InChI=1S/C38H46N6O5S/c1-25-31-21-33(45)41-38(13-17-43(18-14-38)36(47)28-8-4-3-5-9-28)22-34(46)44-24-29(39-23-26-7-6-10-30(19-26)49-2)20-32(44)37(48)42-15-11-27(12-16-42)35(40-31)50-25/h3-10,19,27,29,32,39H,11-18,20-24H2,1-2H3,(H,41,45)/t29-,32-/m0/s1. The molecule has 3 aromatic rings. The van der Waals surface area contributed by atoms with E-state index in [9.17, 15) is 19.2 Å². The summed E-state index contributed by atoms with van der Waals surface area (Å²) in [6, 6.07) is 16.4. The lowest BCUT2D eigenvalue weighted by molar-refractivity contribution is -0.145. The van der Waals surface area contributed by atoms with Crippen LogP contribution in [0.3, 0.4) is 0 Å². The number of nitrogens with one attached hydrogen (secondary N) is 2. The van der Waals surface area contributed by atoms with Crippen LogP contribution in [0.25, 0.3) is 0 Å². The Bertz CT molecular complexity index is 1730. The summed E-state index contributed by atoms with van der Waals surface area (Å²) in [5, 5.41) is 7.91. The Hall–Kier alpha value is -4.29. The van der Waals surface area contributed by atoms with Gasteiger partial charge in [0, 0.05) is 61.7 Å². The molecule has 2 aromatic carbocycles. The fourth-order valence-corrected chi connectivity index (χ4v) is 9.12. The van der Waals surface area contributed by atoms with Crippen molar-refractivity contribution >= 4 is 35.0 Å². The molecular formula is C38H46N6O5S. The molecule has 264 valence electrons. The van der Waals surface area contributed by atoms with E-state index >= 15 is 0 Å². The molecular weight excluding hydrogens is 653 g/mol. The lowest BCUT2D eigenvalue weighted by Gasteiger charge is -2.43. The van der Waals surface area contributed by atoms with Crippen LogP contribution in [0.4, 0.5) is 0 Å². The molecule has 2 N–H and O–H groups in total. The number of ether oxygens (including phenoxy) is 1. The van der Waals surface area contributed by atoms with Gasteiger partial charge in [0.05, 0.1) is 36.2 Å². The fourth-order valence-electron chi connectivity index (χ4n) is 8.01. The van der Waals surface area contributed by atoms with Crippen molar-refractivity contribution in [3.63, 3.8) is 0 Å². The van der Waals surface area contributed by atoms with Crippen molar-refractivity contribution in [2.45, 2.75) is 82.0 Å². The Labute approximate surface area is 297 Å². The molecule has 2 atom stereocenters. The predicted molar refractivity (Wildman–Crippen MR) is 190 cm³/mol. The minimum atomic E-state index is -0.857. The van der Waals surface area contributed by atoms with Crippen molar-refractivity contribution in [2.24, 2.45) is 0 Å². The van der Waals surface area contributed by atoms with Gasteiger partial charge in [-0.2, -0.15) is 0 Å². The molecule has 4 bridgehead atoms. The van der Waals surface area contributed by atoms with Crippen LogP contribution in [0.15, 0.2) is 54.6 Å². The van der Waals surface area contributed by atoms with Crippen LogP contribution in [0, 0.1) is 6.92 Å². The van der Waals surface area contributed by atoms with E-state index in [-0.39, 0.29) is 48.4 Å². The van der Waals surface area contributed by atoms with E-state index in [1.54, 1.807) is 40.4 Å². The van der Waals surface area contributed by atoms with Gasteiger partial charge in [0.1, 0.15) is 11.8 Å². The average molecular weight is 699 g/mol. The number of likely N-dealkylation sites (tertiary alicyclic amines) is 1. The highest BCUT2D eigenvalue weighted by molar-refractivity contribution is 7.11. The van der Waals surface area contributed by atoms with Crippen molar-refractivity contribution in [1.29, 1.82) is 0 Å². The summed E-state index contributed by atoms with van der Waals surface area (Å²) in [7, 11) is 1.64. The Morgan fingerprint density at radius 1 is 1.04 bits per heavy atom. The summed E-state index contributed by atoms with van der Waals surface area (Å²) in [5.41, 5.74) is 1.59. The number of piperidine rings is 2. The highest BCUT2D eigenvalue weighted by Gasteiger charge is 2.46. The van der Waals surface area contributed by atoms with E-state index in [0.717, 1.165) is 39.7 Å². The Morgan fingerprint density at radius 2 is 1.80 bits per heavy atom. The summed E-state index contributed by atoms with van der Waals surface area (Å²) in [4.78, 5) is 67.3. The molecule has 6 heterocycles. The van der Waals surface area contributed by atoms with E-state index in [0.29, 0.717) is 64.1 Å². The summed E-state index contributed by atoms with van der Waals surface area (Å²) in [6.07, 6.45) is 3.20. The molecule has 0 radical (unpaired) electrons. The Balaban J connectivity index is 1.15. The lowest BCUT2D eigenvalue weighted by Crippen LogP contribution is -2.59. The first-order valence-corrected chi connectivity index (χ1v) is 18.6. The monoisotopic (exact) mass is 698 g/mol. The maximum Gasteiger partial charge on any atom is 0.253 e. The van der Waals surface area contributed by atoms with E-state index in [1.807, 2.05) is 54.3 Å². The number of aryl methyl sites for hydroxylation is 1. The number of carbonyl (C=O) groups excluding carboxylic acids is 4. The number of fused-ring (bicyclic) bond motifs is 5. The van der Waals surface area contributed by atoms with Gasteiger partial charge >= 0.3 is 0 Å². The van der Waals surface area contributed by atoms with Crippen LogP contribution < -0.4 is 15.4 Å². The van der Waals surface area contributed by atoms with Crippen molar-refractivity contribution in [2.75, 3.05) is 39.8 Å². The van der Waals surface area contributed by atoms with E-state index < -0.39 is 11.6 Å². The second kappa shape index (κ2) is 14.5. The SMILES string of the molecule is COc1cccc(CN[C@H]2C[C@H]3C(=O)N4CCC(CC4)c4nc(c(C)s4)CC(=O)NC4(CCN(C(=O)c5ccccc5)CC4)CC(=O)N3C2)c1. The summed E-state index contributed by atoms with van der Waals surface area (Å²) in [5.74, 6) is 0.633. The zero-order chi connectivity index (χ0) is 34.8. The number of benzene rings is 2. The number of nitrogens with zero attached hydrogens (tertiary/aromatic N) is 4. The third-order valence-corrected chi connectivity index (χ3v) is 12.1. The smallest absolute Gasteiger partial charge is 0.253 e. The first-order valence-electron chi connectivity index (χ1n) is 17.8. The van der Waals surface area contributed by atoms with Crippen LogP contribution in [0.2, 0.25) is 0 Å². The Kier molecular flexibility index (Phi) is 9.92. The molecule has 11 nitrogen and oxygen atoms in total. The second-order valence-corrected chi connectivity index (χ2v) is 15.5. The van der Waals surface area contributed by atoms with Crippen LogP contribution in [0.1, 0.15) is 75.9 Å². The van der Waals surface area contributed by atoms with Gasteiger partial charge in [-0.3, -0.25) is 19.2 Å². The maximum absolute atomic E-state index is 14.5. The molecule has 1 aromatic heterocycles. The molecule has 3 saturated heterocycles. The minimum absolute atomic E-state index is 0.00746. The third-order valence-electron chi connectivity index (χ3n) is 11.0. The molecule has 12 heteroatoms. The molecule has 5 aliphatic rings. The van der Waals surface area contributed by atoms with E-state index in [2.05, 4.69) is 10.6 Å². The number of hydrogen-bond acceptors (Lipinski definition) is 8. The fraction of sp³-hybridized carbons (Fsp3) is 0.500. The molecule has 3 fully saturated rings. The predicted octanol–water partition coefficient (Wildman–Crippen LogP) is 3.66. The summed E-state index contributed by atoms with van der Waals surface area (Å²) >= 11 is 1.65. The Morgan fingerprint density at radius 3 is 2.54 bits per heavy atom. The van der Waals surface area contributed by atoms with Crippen molar-refractivity contribution in [3.05, 3.63) is 81.3 Å². The normalized spacial score (nSPS) is 22.9. The first kappa shape index (κ1) is 34.2. The van der Waals surface area contributed by atoms with Gasteiger partial charge in [-0.05, 0) is 68.9 Å². The number of rotatable bonds is 5. The number of aromatic nitrogens is 1. The van der Waals surface area contributed by atoms with E-state index in [4.69, 9.17) is 9.72 Å². The van der Waals surface area contributed by atoms with Crippen LogP contribution in [-0.2, 0) is 27.3 Å². The minimum Gasteiger partial charge on any atom is -0.497 e. The van der Waals surface area contributed by atoms with Crippen molar-refractivity contribution in [1.82, 2.24) is 30.3 Å². The van der Waals surface area contributed by atoms with E-state index in [1.165, 1.54) is 0 Å². The molecule has 0 unspecified atom stereocenters. The molecule has 5 aliphatic heterocycles. The average Bonchev–Trinajstić information content (AvgIpc) is 3.74. The maximum atomic E-state index is 14.5. The number of amides is 4. The van der Waals surface area contributed by atoms with Crippen molar-refractivity contribution in [3.8, 4) is 5.75 Å². The van der Waals surface area contributed by atoms with Crippen LogP contribution in [-0.4, -0.2) is 101 Å². The molecule has 0 aliphatic carbocycles. The summed E-state index contributed by atoms with van der Waals surface area (Å²) in [6.45, 7) is 5.04. The topological polar surface area (TPSA) is 124 Å². The number of hydrogen-bond donors (Lipinski definition) is 2. The molecule has 1 spiro atoms. The molecule has 4 amide bonds. The highest BCUT2D eigenvalue weighted by atomic mass is 32.1. The molecule has 8 rings (SSSR count). The second-order valence-electron chi connectivity index (χ2n) is 14.2. The number of thiazole rings is 1. The van der Waals surface area contributed by atoms with Gasteiger partial charge < -0.3 is 30.1 Å². The zero-order valence-corrected chi connectivity index (χ0v) is 29.7. The number of carbonyl (C=O) groups is 4. The van der Waals surface area contributed by atoms with Crippen LogP contribution >= 0.6 is 11.3 Å². The molecule has 0 saturated carbocycles. The largest absolute Gasteiger partial charge is 0.497 e. The third kappa shape index (κ3) is 7.27. The van der Waals surface area contributed by atoms with Gasteiger partial charge in [0.15, 0.2) is 0 Å². The van der Waals surface area contributed by atoms with Gasteiger partial charge in [0.25, 0.3) is 5.91 Å². The first-order chi connectivity index (χ1) is 24.2. The quantitative estimate of drug-likeness (QED) is 0.417. The van der Waals surface area contributed by atoms with Gasteiger partial charge in [-0.1, -0.05) is 30.3 Å². The lowest BCUT2D eigenvalue weighted by atomic mass is 9.83. The highest BCUT2D eigenvalue weighted by Crippen LogP contribution is 2.35. The molecule has 50 heavy (non-hydrogen) atoms. The zero-order valence-electron chi connectivity index (χ0n) is 28.9.